The topological polar surface area (TPSA) is 83.0 Å². The lowest BCUT2D eigenvalue weighted by Crippen LogP contribution is -2.13. The van der Waals surface area contributed by atoms with Crippen molar-refractivity contribution in [1.82, 2.24) is 19.9 Å². The van der Waals surface area contributed by atoms with E-state index in [9.17, 15) is 9.18 Å². The Morgan fingerprint density at radius 1 is 1.28 bits per heavy atom. The fourth-order valence-corrected chi connectivity index (χ4v) is 2.52. The van der Waals surface area contributed by atoms with Gasteiger partial charge in [-0.3, -0.25) is 4.79 Å². The third kappa shape index (κ3) is 5.12. The number of benzene rings is 1. The molecule has 3 aromatic rings. The van der Waals surface area contributed by atoms with Crippen molar-refractivity contribution < 1.29 is 9.18 Å². The van der Waals surface area contributed by atoms with E-state index in [2.05, 4.69) is 31.5 Å². The number of nitrogens with one attached hydrogen (secondary N) is 2. The van der Waals surface area contributed by atoms with E-state index in [1.807, 2.05) is 19.0 Å². The Kier molecular flexibility index (Phi) is 6.12. The number of amides is 1. The van der Waals surface area contributed by atoms with Gasteiger partial charge >= 0.3 is 0 Å². The fourth-order valence-electron chi connectivity index (χ4n) is 2.52. The molecule has 0 spiro atoms. The van der Waals surface area contributed by atoms with Gasteiger partial charge in [0.2, 0.25) is 5.91 Å². The van der Waals surface area contributed by atoms with Crippen LogP contribution >= 0.6 is 0 Å². The molecule has 0 aliphatic carbocycles. The molecule has 1 aromatic carbocycles. The van der Waals surface area contributed by atoms with E-state index in [-0.39, 0.29) is 11.5 Å². The van der Waals surface area contributed by atoms with Crippen molar-refractivity contribution >= 4 is 34.1 Å². The first kappa shape index (κ1) is 19.9. The van der Waals surface area contributed by atoms with Crippen LogP contribution in [-0.4, -0.2) is 46.4 Å². The molecule has 29 heavy (non-hydrogen) atoms. The largest absolute Gasteiger partial charge is 0.340 e. The molecule has 0 radical (unpaired) electrons. The van der Waals surface area contributed by atoms with E-state index >= 15 is 0 Å². The number of halogens is 1. The molecular weight excluding hydrogens is 371 g/mol. The van der Waals surface area contributed by atoms with Crippen LogP contribution in [0.4, 0.5) is 21.7 Å². The van der Waals surface area contributed by atoms with Crippen LogP contribution < -0.4 is 10.6 Å². The van der Waals surface area contributed by atoms with E-state index in [1.165, 1.54) is 24.5 Å². The second kappa shape index (κ2) is 8.91. The molecule has 1 amide bonds. The molecule has 3 rings (SSSR count). The summed E-state index contributed by atoms with van der Waals surface area (Å²) < 4.78 is 13.6. The molecule has 8 heteroatoms. The Labute approximate surface area is 167 Å². The number of terminal acetylenes is 1. The van der Waals surface area contributed by atoms with Crippen molar-refractivity contribution in [1.29, 1.82) is 0 Å². The molecule has 146 valence electrons. The van der Waals surface area contributed by atoms with Crippen molar-refractivity contribution in [2.45, 2.75) is 0 Å². The number of hydrogen-bond donors (Lipinski definition) is 2. The summed E-state index contributed by atoms with van der Waals surface area (Å²) >= 11 is 0. The van der Waals surface area contributed by atoms with Crippen LogP contribution in [0.1, 0.15) is 5.56 Å². The van der Waals surface area contributed by atoms with Crippen molar-refractivity contribution in [2.75, 3.05) is 31.3 Å². The zero-order valence-electron chi connectivity index (χ0n) is 16.0. The minimum atomic E-state index is -0.470. The number of anilines is 3. The van der Waals surface area contributed by atoms with Gasteiger partial charge < -0.3 is 15.5 Å². The summed E-state index contributed by atoms with van der Waals surface area (Å²) in [6.07, 6.45) is 11.5. The minimum Gasteiger partial charge on any atom is -0.340 e. The standard InChI is InChI=1S/C21H19FN6O/c1-4-14-10-15(7-8-17(14)22)26-21-16-11-19(23-12-18(16)24-13-25-21)27-20(29)6-5-9-28(2)3/h1,5-8,10-13H,9H2,2-3H3,(H,23,27,29)(H,24,25,26)/b6-5+. The molecular formula is C21H19FN6O. The maximum absolute atomic E-state index is 13.6. The summed E-state index contributed by atoms with van der Waals surface area (Å²) in [4.78, 5) is 26.6. The van der Waals surface area contributed by atoms with Crippen molar-refractivity contribution in [3.8, 4) is 12.3 Å². The first-order chi connectivity index (χ1) is 14.0. The van der Waals surface area contributed by atoms with Crippen molar-refractivity contribution in [2.24, 2.45) is 0 Å². The molecule has 0 aliphatic rings. The first-order valence-corrected chi connectivity index (χ1v) is 8.72. The molecule has 2 heterocycles. The highest BCUT2D eigenvalue weighted by atomic mass is 19.1. The fraction of sp³-hybridized carbons (Fsp3) is 0.143. The zero-order chi connectivity index (χ0) is 20.8. The normalized spacial score (nSPS) is 11.0. The van der Waals surface area contributed by atoms with Crippen molar-refractivity contribution in [3.05, 3.63) is 60.3 Å². The van der Waals surface area contributed by atoms with Gasteiger partial charge in [0, 0.05) is 23.7 Å². The average Bonchev–Trinajstić information content (AvgIpc) is 2.69. The van der Waals surface area contributed by atoms with Crippen LogP contribution in [0.5, 0.6) is 0 Å². The van der Waals surface area contributed by atoms with Crippen LogP contribution in [0.3, 0.4) is 0 Å². The highest BCUT2D eigenvalue weighted by Crippen LogP contribution is 2.25. The summed E-state index contributed by atoms with van der Waals surface area (Å²) in [5.74, 6) is 2.38. The molecule has 2 N–H and O–H groups in total. The van der Waals surface area contributed by atoms with E-state index in [4.69, 9.17) is 6.42 Å². The predicted octanol–water partition coefficient (Wildman–Crippen LogP) is 2.95. The smallest absolute Gasteiger partial charge is 0.249 e. The minimum absolute atomic E-state index is 0.146. The van der Waals surface area contributed by atoms with Gasteiger partial charge in [-0.2, -0.15) is 0 Å². The molecule has 7 nitrogen and oxygen atoms in total. The van der Waals surface area contributed by atoms with Gasteiger partial charge in [0.15, 0.2) is 0 Å². The Balaban J connectivity index is 1.86. The average molecular weight is 390 g/mol. The molecule has 0 fully saturated rings. The summed E-state index contributed by atoms with van der Waals surface area (Å²) in [5.41, 5.74) is 1.31. The van der Waals surface area contributed by atoms with E-state index in [0.29, 0.717) is 34.8 Å². The zero-order valence-corrected chi connectivity index (χ0v) is 16.0. The molecule has 0 unspecified atom stereocenters. The molecule has 0 saturated carbocycles. The second-order valence-corrected chi connectivity index (χ2v) is 6.43. The summed E-state index contributed by atoms with van der Waals surface area (Å²) in [7, 11) is 3.82. The number of nitrogens with zero attached hydrogens (tertiary/aromatic N) is 4. The number of aromatic nitrogens is 3. The number of hydrogen-bond acceptors (Lipinski definition) is 6. The lowest BCUT2D eigenvalue weighted by atomic mass is 10.2. The number of pyridine rings is 1. The number of carbonyl (C=O) groups excluding carboxylic acids is 1. The number of carbonyl (C=O) groups is 1. The van der Waals surface area contributed by atoms with Crippen LogP contribution in [0, 0.1) is 18.2 Å². The Bertz CT molecular complexity index is 1120. The number of likely N-dealkylation sites (N-methyl/N-ethyl adjacent to an activating group) is 1. The Morgan fingerprint density at radius 2 is 2.10 bits per heavy atom. The van der Waals surface area contributed by atoms with Gasteiger partial charge in [-0.05, 0) is 38.4 Å². The van der Waals surface area contributed by atoms with Crippen LogP contribution in [0.25, 0.3) is 10.9 Å². The maximum Gasteiger partial charge on any atom is 0.249 e. The third-order valence-corrected chi connectivity index (χ3v) is 3.90. The van der Waals surface area contributed by atoms with E-state index < -0.39 is 5.82 Å². The molecule has 0 aliphatic heterocycles. The molecule has 0 atom stereocenters. The summed E-state index contributed by atoms with van der Waals surface area (Å²) in [5, 5.41) is 6.45. The van der Waals surface area contributed by atoms with Gasteiger partial charge in [-0.15, -0.1) is 6.42 Å². The highest BCUT2D eigenvalue weighted by molar-refractivity contribution is 6.00. The van der Waals surface area contributed by atoms with Gasteiger partial charge in [0.25, 0.3) is 0 Å². The third-order valence-electron chi connectivity index (χ3n) is 3.90. The van der Waals surface area contributed by atoms with E-state index in [1.54, 1.807) is 24.4 Å². The van der Waals surface area contributed by atoms with Gasteiger partial charge in [-0.1, -0.05) is 12.0 Å². The maximum atomic E-state index is 13.6. The van der Waals surface area contributed by atoms with Gasteiger partial charge in [0.1, 0.15) is 23.8 Å². The lowest BCUT2D eigenvalue weighted by molar-refractivity contribution is -0.111. The Hall–Kier alpha value is -3.83. The van der Waals surface area contributed by atoms with Gasteiger partial charge in [0.05, 0.1) is 17.3 Å². The molecule has 2 aromatic heterocycles. The SMILES string of the molecule is C#Cc1cc(Nc2ncnc3cnc(NC(=O)/C=C/CN(C)C)cc23)ccc1F. The quantitative estimate of drug-likeness (QED) is 0.497. The summed E-state index contributed by atoms with van der Waals surface area (Å²) in [6, 6.07) is 6.03. The molecule has 0 bridgehead atoms. The number of rotatable bonds is 6. The highest BCUT2D eigenvalue weighted by Gasteiger charge is 2.09. The number of fused-ring (bicyclic) bond motifs is 1. The Morgan fingerprint density at radius 3 is 2.86 bits per heavy atom. The van der Waals surface area contributed by atoms with Crippen LogP contribution in [0.2, 0.25) is 0 Å². The monoisotopic (exact) mass is 390 g/mol. The van der Waals surface area contributed by atoms with Crippen molar-refractivity contribution in [3.63, 3.8) is 0 Å². The predicted molar refractivity (Wildman–Crippen MR) is 111 cm³/mol. The van der Waals surface area contributed by atoms with E-state index in [0.717, 1.165) is 0 Å². The second-order valence-electron chi connectivity index (χ2n) is 6.43. The van der Waals surface area contributed by atoms with Crippen LogP contribution in [0.15, 0.2) is 48.9 Å². The summed E-state index contributed by atoms with van der Waals surface area (Å²) in [6.45, 7) is 0.651. The lowest BCUT2D eigenvalue weighted by Gasteiger charge is -2.10. The van der Waals surface area contributed by atoms with Gasteiger partial charge in [-0.25, -0.2) is 19.3 Å². The first-order valence-electron chi connectivity index (χ1n) is 8.72. The van der Waals surface area contributed by atoms with Crippen LogP contribution in [-0.2, 0) is 4.79 Å². The molecule has 0 saturated heterocycles.